The van der Waals surface area contributed by atoms with Crippen LogP contribution in [0.2, 0.25) is 0 Å². The van der Waals surface area contributed by atoms with Gasteiger partial charge in [0, 0.05) is 34.0 Å². The van der Waals surface area contributed by atoms with Gasteiger partial charge in [-0.15, -0.1) is 11.3 Å². The highest BCUT2D eigenvalue weighted by Crippen LogP contribution is 2.38. The van der Waals surface area contributed by atoms with Gasteiger partial charge in [-0.1, -0.05) is 12.1 Å². The van der Waals surface area contributed by atoms with Gasteiger partial charge in [0.2, 0.25) is 0 Å². The molecule has 4 aromatic heterocycles. The molecule has 0 aliphatic carbocycles. The summed E-state index contributed by atoms with van der Waals surface area (Å²) in [6.07, 6.45) is 3.37. The van der Waals surface area contributed by atoms with Crippen LogP contribution in [0.25, 0.3) is 55.0 Å². The number of para-hydroxylation sites is 1. The number of H-pyrrole nitrogens is 2. The Bertz CT molecular complexity index is 1680. The smallest absolute Gasteiger partial charge is 0.176 e. The fraction of sp³-hybridized carbons (Fsp3) is 0.0800. The van der Waals surface area contributed by atoms with Crippen LogP contribution in [0.15, 0.2) is 54.9 Å². The summed E-state index contributed by atoms with van der Waals surface area (Å²) in [6.45, 7) is 3.81. The fourth-order valence-electron chi connectivity index (χ4n) is 4.30. The number of halogens is 2. The predicted octanol–water partition coefficient (Wildman–Crippen LogP) is 6.79. The van der Waals surface area contributed by atoms with Crippen molar-refractivity contribution in [3.63, 3.8) is 0 Å². The number of fused-ring (bicyclic) bond motifs is 2. The highest BCUT2D eigenvalue weighted by atomic mass is 32.1. The number of aromatic amines is 2. The summed E-state index contributed by atoms with van der Waals surface area (Å²) < 4.78 is 29.6. The van der Waals surface area contributed by atoms with Crippen molar-refractivity contribution in [2.24, 2.45) is 0 Å². The molecule has 6 aromatic rings. The lowest BCUT2D eigenvalue weighted by Gasteiger charge is -2.11. The van der Waals surface area contributed by atoms with Gasteiger partial charge in [-0.05, 0) is 55.3 Å². The molecule has 2 aromatic carbocycles. The van der Waals surface area contributed by atoms with Gasteiger partial charge in [-0.25, -0.2) is 9.37 Å². The molecule has 0 fully saturated rings. The van der Waals surface area contributed by atoms with E-state index in [1.807, 2.05) is 44.2 Å². The van der Waals surface area contributed by atoms with E-state index in [2.05, 4.69) is 20.2 Å². The number of aryl methyl sites for hydroxylation is 2. The van der Waals surface area contributed by atoms with Crippen LogP contribution in [-0.2, 0) is 0 Å². The highest BCUT2D eigenvalue weighted by molar-refractivity contribution is 7.14. The van der Waals surface area contributed by atoms with Crippen LogP contribution < -0.4 is 0 Å². The molecule has 0 saturated carbocycles. The van der Waals surface area contributed by atoms with Gasteiger partial charge in [0.1, 0.15) is 11.5 Å². The molecule has 0 amide bonds. The van der Waals surface area contributed by atoms with Gasteiger partial charge < -0.3 is 4.98 Å². The molecule has 0 spiro atoms. The van der Waals surface area contributed by atoms with Crippen LogP contribution in [0.5, 0.6) is 0 Å². The van der Waals surface area contributed by atoms with Crippen molar-refractivity contribution in [2.75, 3.05) is 0 Å². The summed E-state index contributed by atoms with van der Waals surface area (Å²) in [7, 11) is 0. The zero-order valence-corrected chi connectivity index (χ0v) is 18.5. The molecule has 33 heavy (non-hydrogen) atoms. The number of nitrogens with zero attached hydrogens (tertiary/aromatic N) is 3. The zero-order valence-electron chi connectivity index (χ0n) is 17.7. The Balaban J connectivity index is 1.58. The van der Waals surface area contributed by atoms with Crippen molar-refractivity contribution in [1.82, 2.24) is 25.1 Å². The molecule has 2 N–H and O–H groups in total. The van der Waals surface area contributed by atoms with Crippen LogP contribution in [0.1, 0.15) is 11.1 Å². The summed E-state index contributed by atoms with van der Waals surface area (Å²) in [5.74, 6) is 0.0724. The van der Waals surface area contributed by atoms with Crippen molar-refractivity contribution in [3.8, 4) is 33.1 Å². The van der Waals surface area contributed by atoms with Crippen LogP contribution in [0.4, 0.5) is 8.78 Å². The number of aromatic nitrogens is 5. The normalized spacial score (nSPS) is 11.6. The molecule has 162 valence electrons. The van der Waals surface area contributed by atoms with Crippen molar-refractivity contribution in [3.05, 3.63) is 76.9 Å². The van der Waals surface area contributed by atoms with E-state index in [0.29, 0.717) is 33.5 Å². The molecule has 8 heteroatoms. The second kappa shape index (κ2) is 7.31. The van der Waals surface area contributed by atoms with Crippen LogP contribution >= 0.6 is 11.3 Å². The monoisotopic (exact) mass is 457 g/mol. The van der Waals surface area contributed by atoms with E-state index in [1.54, 1.807) is 18.5 Å². The first-order chi connectivity index (χ1) is 16.0. The van der Waals surface area contributed by atoms with Crippen LogP contribution in [-0.4, -0.2) is 25.1 Å². The maximum atomic E-state index is 16.0. The Kier molecular flexibility index (Phi) is 4.38. The van der Waals surface area contributed by atoms with Gasteiger partial charge in [-0.2, -0.15) is 9.49 Å². The number of thiophene rings is 1. The van der Waals surface area contributed by atoms with E-state index in [-0.39, 0.29) is 10.9 Å². The summed E-state index contributed by atoms with van der Waals surface area (Å²) >= 11 is 1.06. The number of imidazole rings is 1. The Labute approximate surface area is 191 Å². The lowest BCUT2D eigenvalue weighted by atomic mass is 9.95. The Morgan fingerprint density at radius 1 is 0.939 bits per heavy atom. The van der Waals surface area contributed by atoms with E-state index in [4.69, 9.17) is 4.98 Å². The second-order valence-electron chi connectivity index (χ2n) is 7.96. The van der Waals surface area contributed by atoms with Crippen molar-refractivity contribution in [1.29, 1.82) is 0 Å². The molecule has 0 saturated heterocycles. The average molecular weight is 458 g/mol. The van der Waals surface area contributed by atoms with Crippen LogP contribution in [0, 0.1) is 24.8 Å². The summed E-state index contributed by atoms with van der Waals surface area (Å²) in [5.41, 5.74) is 6.22. The first-order valence-corrected chi connectivity index (χ1v) is 11.2. The maximum absolute atomic E-state index is 16.0. The number of hydrogen-bond donors (Lipinski definition) is 2. The van der Waals surface area contributed by atoms with E-state index < -0.39 is 0 Å². The van der Waals surface area contributed by atoms with Gasteiger partial charge in [0.15, 0.2) is 11.0 Å². The average Bonchev–Trinajstić information content (AvgIpc) is 3.52. The standard InChI is InChI=1S/C25H17F2N5S/c1-12-8-9-28-11-15(12)20-13(2)10-17-21(22(20)27)24(32-31-17)25-29-16-5-3-4-14(23(16)30-25)18-6-7-19(26)33-18/h3-11H,1-2H3,(H,29,30)(H,31,32). The van der Waals surface area contributed by atoms with E-state index >= 15 is 4.39 Å². The molecule has 0 bridgehead atoms. The van der Waals surface area contributed by atoms with Crippen molar-refractivity contribution < 1.29 is 8.78 Å². The number of nitrogens with one attached hydrogen (secondary N) is 2. The van der Waals surface area contributed by atoms with Gasteiger partial charge >= 0.3 is 0 Å². The minimum absolute atomic E-state index is 0.258. The summed E-state index contributed by atoms with van der Waals surface area (Å²) in [6, 6.07) is 12.6. The molecule has 0 atom stereocenters. The first-order valence-electron chi connectivity index (χ1n) is 10.3. The molecular formula is C25H17F2N5S. The number of benzene rings is 2. The summed E-state index contributed by atoms with van der Waals surface area (Å²) in [4.78, 5) is 13.0. The molecule has 0 aliphatic rings. The lowest BCUT2D eigenvalue weighted by molar-refractivity contribution is 0.642. The van der Waals surface area contributed by atoms with Gasteiger partial charge in [0.25, 0.3) is 0 Å². The number of pyridine rings is 1. The SMILES string of the molecule is Cc1ccncc1-c1c(C)cc2[nH]nc(-c3nc4c(-c5ccc(F)s5)cccc4[nH]3)c2c1F. The molecule has 6 rings (SSSR count). The predicted molar refractivity (Wildman–Crippen MR) is 127 cm³/mol. The minimum Gasteiger partial charge on any atom is -0.337 e. The van der Waals surface area contributed by atoms with E-state index in [9.17, 15) is 4.39 Å². The highest BCUT2D eigenvalue weighted by Gasteiger charge is 2.22. The third-order valence-electron chi connectivity index (χ3n) is 5.87. The van der Waals surface area contributed by atoms with Crippen LogP contribution in [0.3, 0.4) is 0 Å². The third kappa shape index (κ3) is 3.06. The molecule has 0 aliphatic heterocycles. The quantitative estimate of drug-likeness (QED) is 0.307. The van der Waals surface area contributed by atoms with Gasteiger partial charge in [-0.3, -0.25) is 10.1 Å². The number of hydrogen-bond acceptors (Lipinski definition) is 4. The molecule has 4 heterocycles. The van der Waals surface area contributed by atoms with Crippen molar-refractivity contribution >= 4 is 33.3 Å². The molecule has 0 unspecified atom stereocenters. The topological polar surface area (TPSA) is 70.2 Å². The molecule has 0 radical (unpaired) electrons. The fourth-order valence-corrected chi connectivity index (χ4v) is 5.06. The lowest BCUT2D eigenvalue weighted by Crippen LogP contribution is -1.94. The first kappa shape index (κ1) is 19.8. The summed E-state index contributed by atoms with van der Waals surface area (Å²) in [5, 5.41) is 7.44. The zero-order chi connectivity index (χ0) is 22.7. The Morgan fingerprint density at radius 2 is 1.82 bits per heavy atom. The Hall–Kier alpha value is -3.91. The third-order valence-corrected chi connectivity index (χ3v) is 6.78. The van der Waals surface area contributed by atoms with E-state index in [0.717, 1.165) is 44.0 Å². The van der Waals surface area contributed by atoms with Crippen molar-refractivity contribution in [2.45, 2.75) is 13.8 Å². The van der Waals surface area contributed by atoms with Gasteiger partial charge in [0.05, 0.1) is 21.9 Å². The minimum atomic E-state index is -0.370. The van der Waals surface area contributed by atoms with E-state index in [1.165, 1.54) is 6.07 Å². The largest absolute Gasteiger partial charge is 0.337 e. The molecular weight excluding hydrogens is 440 g/mol. The maximum Gasteiger partial charge on any atom is 0.176 e. The molecule has 5 nitrogen and oxygen atoms in total. The second-order valence-corrected chi connectivity index (χ2v) is 8.99. The number of rotatable bonds is 3. The Morgan fingerprint density at radius 3 is 2.61 bits per heavy atom.